The molecule has 2 unspecified atom stereocenters. The van der Waals surface area contributed by atoms with Crippen LogP contribution in [-0.2, 0) is 14.2 Å². The number of aliphatic hydroxyl groups is 1. The zero-order valence-electron chi connectivity index (χ0n) is 7.32. The van der Waals surface area contributed by atoms with E-state index in [2.05, 4.69) is 0 Å². The minimum Gasteiger partial charge on any atom is -0.368 e. The van der Waals surface area contributed by atoms with Crippen LogP contribution in [0, 0.1) is 0 Å². The molecule has 1 N–H and O–H groups in total. The lowest BCUT2D eigenvalue weighted by molar-refractivity contribution is -0.167. The molecule has 0 spiro atoms. The summed E-state index contributed by atoms with van der Waals surface area (Å²) in [5, 5.41) is 9.17. The summed E-state index contributed by atoms with van der Waals surface area (Å²) in [6.07, 6.45) is -0.204. The highest BCUT2D eigenvalue weighted by Crippen LogP contribution is 2.33. The standard InChI is InChI=1S/C8H14O4/c1-8(2)11-5-3-7(9)10-4-6(5)12-8/h5-7,9H,3-4H2,1-2H3/t5-,6?,7?/m1/s1. The summed E-state index contributed by atoms with van der Waals surface area (Å²) in [5.74, 6) is -0.525. The van der Waals surface area contributed by atoms with Crippen molar-refractivity contribution in [1.82, 2.24) is 0 Å². The number of ether oxygens (including phenoxy) is 3. The van der Waals surface area contributed by atoms with Gasteiger partial charge in [0.15, 0.2) is 12.1 Å². The molecule has 0 aromatic rings. The molecule has 2 saturated heterocycles. The number of hydrogen-bond donors (Lipinski definition) is 1. The highest BCUT2D eigenvalue weighted by atomic mass is 16.8. The normalized spacial score (nSPS) is 45.8. The fourth-order valence-corrected chi connectivity index (χ4v) is 1.72. The summed E-state index contributed by atoms with van der Waals surface area (Å²) in [7, 11) is 0. The van der Waals surface area contributed by atoms with Gasteiger partial charge in [0.2, 0.25) is 0 Å². The molecule has 2 heterocycles. The van der Waals surface area contributed by atoms with Crippen molar-refractivity contribution < 1.29 is 19.3 Å². The second-order valence-corrected chi connectivity index (χ2v) is 3.74. The third-order valence-corrected chi connectivity index (χ3v) is 2.17. The van der Waals surface area contributed by atoms with Crippen molar-refractivity contribution in [3.8, 4) is 0 Å². The monoisotopic (exact) mass is 174 g/mol. The molecular weight excluding hydrogens is 160 g/mol. The first kappa shape index (κ1) is 8.44. The van der Waals surface area contributed by atoms with Crippen LogP contribution in [-0.4, -0.2) is 36.0 Å². The Labute approximate surface area is 71.4 Å². The summed E-state index contributed by atoms with van der Waals surface area (Å²) in [5.41, 5.74) is 0. The molecule has 0 aliphatic carbocycles. The molecule has 0 aromatic carbocycles. The first-order valence-electron chi connectivity index (χ1n) is 4.22. The topological polar surface area (TPSA) is 47.9 Å². The van der Waals surface area contributed by atoms with Gasteiger partial charge in [0.1, 0.15) is 6.10 Å². The molecule has 2 fully saturated rings. The first-order valence-corrected chi connectivity index (χ1v) is 4.22. The maximum absolute atomic E-state index is 9.17. The second kappa shape index (κ2) is 2.67. The summed E-state index contributed by atoms with van der Waals surface area (Å²) in [6, 6.07) is 0. The third kappa shape index (κ3) is 1.47. The average Bonchev–Trinajstić information content (AvgIpc) is 2.21. The predicted molar refractivity (Wildman–Crippen MR) is 40.4 cm³/mol. The van der Waals surface area contributed by atoms with Crippen molar-refractivity contribution in [2.45, 2.75) is 44.6 Å². The number of rotatable bonds is 0. The lowest BCUT2D eigenvalue weighted by atomic mass is 10.1. The van der Waals surface area contributed by atoms with Crippen LogP contribution in [0.2, 0.25) is 0 Å². The smallest absolute Gasteiger partial charge is 0.163 e. The van der Waals surface area contributed by atoms with E-state index in [1.54, 1.807) is 0 Å². The van der Waals surface area contributed by atoms with Crippen LogP contribution in [0.25, 0.3) is 0 Å². The van der Waals surface area contributed by atoms with Gasteiger partial charge in [-0.05, 0) is 13.8 Å². The molecule has 2 rings (SSSR count). The van der Waals surface area contributed by atoms with E-state index in [0.717, 1.165) is 0 Å². The van der Waals surface area contributed by atoms with Crippen LogP contribution in [0.1, 0.15) is 20.3 Å². The molecule has 0 aromatic heterocycles. The Bertz CT molecular complexity index is 180. The van der Waals surface area contributed by atoms with Gasteiger partial charge in [0.05, 0.1) is 12.7 Å². The summed E-state index contributed by atoms with van der Waals surface area (Å²) >= 11 is 0. The zero-order valence-corrected chi connectivity index (χ0v) is 7.32. The van der Waals surface area contributed by atoms with Crippen molar-refractivity contribution in [3.05, 3.63) is 0 Å². The van der Waals surface area contributed by atoms with Gasteiger partial charge in [-0.25, -0.2) is 0 Å². The maximum Gasteiger partial charge on any atom is 0.163 e. The highest BCUT2D eigenvalue weighted by Gasteiger charge is 2.44. The van der Waals surface area contributed by atoms with Gasteiger partial charge in [-0.15, -0.1) is 0 Å². The molecule has 4 nitrogen and oxygen atoms in total. The fourth-order valence-electron chi connectivity index (χ4n) is 1.72. The van der Waals surface area contributed by atoms with Crippen LogP contribution in [0.4, 0.5) is 0 Å². The Kier molecular flexibility index (Phi) is 1.88. The Morgan fingerprint density at radius 2 is 1.92 bits per heavy atom. The van der Waals surface area contributed by atoms with E-state index in [4.69, 9.17) is 19.3 Å². The fraction of sp³-hybridized carbons (Fsp3) is 1.00. The van der Waals surface area contributed by atoms with Crippen molar-refractivity contribution in [2.24, 2.45) is 0 Å². The van der Waals surface area contributed by atoms with Crippen molar-refractivity contribution >= 4 is 0 Å². The van der Waals surface area contributed by atoms with Gasteiger partial charge < -0.3 is 19.3 Å². The molecule has 12 heavy (non-hydrogen) atoms. The quantitative estimate of drug-likeness (QED) is 0.571. The predicted octanol–water partition coefficient (Wildman–Crippen LogP) is 0.245. The summed E-state index contributed by atoms with van der Waals surface area (Å²) in [4.78, 5) is 0. The molecule has 3 atom stereocenters. The summed E-state index contributed by atoms with van der Waals surface area (Å²) < 4.78 is 16.1. The Morgan fingerprint density at radius 1 is 1.25 bits per heavy atom. The van der Waals surface area contributed by atoms with Gasteiger partial charge in [-0.2, -0.15) is 0 Å². The van der Waals surface area contributed by atoms with Gasteiger partial charge in [-0.3, -0.25) is 0 Å². The van der Waals surface area contributed by atoms with Gasteiger partial charge >= 0.3 is 0 Å². The van der Waals surface area contributed by atoms with E-state index in [-0.39, 0.29) is 12.2 Å². The zero-order chi connectivity index (χ0) is 8.77. The Balaban J connectivity index is 2.02. The molecular formula is C8H14O4. The third-order valence-electron chi connectivity index (χ3n) is 2.17. The van der Waals surface area contributed by atoms with Crippen molar-refractivity contribution in [2.75, 3.05) is 6.61 Å². The molecule has 4 heteroatoms. The largest absolute Gasteiger partial charge is 0.368 e. The molecule has 70 valence electrons. The number of hydrogen-bond acceptors (Lipinski definition) is 4. The first-order chi connectivity index (χ1) is 5.57. The van der Waals surface area contributed by atoms with Gasteiger partial charge in [0, 0.05) is 6.42 Å². The lowest BCUT2D eigenvalue weighted by Gasteiger charge is -2.26. The van der Waals surface area contributed by atoms with Gasteiger partial charge in [0.25, 0.3) is 0 Å². The van der Waals surface area contributed by atoms with E-state index < -0.39 is 12.1 Å². The number of fused-ring (bicyclic) bond motifs is 1. The molecule has 0 amide bonds. The minimum atomic E-state index is -0.691. The van der Waals surface area contributed by atoms with E-state index in [1.807, 2.05) is 13.8 Å². The molecule has 0 saturated carbocycles. The average molecular weight is 174 g/mol. The van der Waals surface area contributed by atoms with E-state index in [1.165, 1.54) is 0 Å². The SMILES string of the molecule is CC1(C)OC2COC(O)C[C@H]2O1. The molecule has 0 radical (unpaired) electrons. The van der Waals surface area contributed by atoms with Crippen LogP contribution >= 0.6 is 0 Å². The number of aliphatic hydroxyl groups excluding tert-OH is 1. The van der Waals surface area contributed by atoms with E-state index in [9.17, 15) is 0 Å². The van der Waals surface area contributed by atoms with E-state index >= 15 is 0 Å². The molecule has 0 bridgehead atoms. The Morgan fingerprint density at radius 3 is 2.67 bits per heavy atom. The van der Waals surface area contributed by atoms with Crippen molar-refractivity contribution in [3.63, 3.8) is 0 Å². The van der Waals surface area contributed by atoms with Crippen molar-refractivity contribution in [1.29, 1.82) is 0 Å². The highest BCUT2D eigenvalue weighted by molar-refractivity contribution is 4.84. The molecule has 2 aliphatic heterocycles. The van der Waals surface area contributed by atoms with Crippen LogP contribution < -0.4 is 0 Å². The van der Waals surface area contributed by atoms with Gasteiger partial charge in [-0.1, -0.05) is 0 Å². The second-order valence-electron chi connectivity index (χ2n) is 3.74. The summed E-state index contributed by atoms with van der Waals surface area (Å²) in [6.45, 7) is 4.17. The lowest BCUT2D eigenvalue weighted by Crippen LogP contribution is -2.39. The van der Waals surface area contributed by atoms with E-state index in [0.29, 0.717) is 13.0 Å². The molecule has 2 aliphatic rings. The minimum absolute atomic E-state index is 0.0104. The van der Waals surface area contributed by atoms with Crippen LogP contribution in [0.5, 0.6) is 0 Å². The van der Waals surface area contributed by atoms with Crippen LogP contribution in [0.15, 0.2) is 0 Å². The Hall–Kier alpha value is -0.160. The van der Waals surface area contributed by atoms with Crippen LogP contribution in [0.3, 0.4) is 0 Å². The maximum atomic E-state index is 9.17.